The van der Waals surface area contributed by atoms with Gasteiger partial charge in [0.25, 0.3) is 3.90 Å². The van der Waals surface area contributed by atoms with Gasteiger partial charge in [-0.05, 0) is 25.0 Å². The van der Waals surface area contributed by atoms with Crippen LogP contribution in [-0.4, -0.2) is 10.2 Å². The molecule has 3 nitrogen and oxygen atoms in total. The maximum Gasteiger partial charge on any atom is 0.278 e. The minimum Gasteiger partial charge on any atom is -0.416 e. The van der Waals surface area contributed by atoms with E-state index in [0.717, 1.165) is 0 Å². The van der Waals surface area contributed by atoms with Gasteiger partial charge in [-0.2, -0.15) is 0 Å². The van der Waals surface area contributed by atoms with Gasteiger partial charge in [-0.15, -0.1) is 10.2 Å². The van der Waals surface area contributed by atoms with E-state index in [-0.39, 0.29) is 0 Å². The second-order valence-corrected chi connectivity index (χ2v) is 4.48. The van der Waals surface area contributed by atoms with Gasteiger partial charge < -0.3 is 4.42 Å². The zero-order chi connectivity index (χ0) is 10.8. The summed E-state index contributed by atoms with van der Waals surface area (Å²) in [5.41, 5.74) is 3.76. The van der Waals surface area contributed by atoms with E-state index in [0.29, 0.717) is 16.2 Å². The molecule has 15 heavy (non-hydrogen) atoms. The lowest BCUT2D eigenvalue weighted by Crippen LogP contribution is -1.93. The fraction of sp³-hybridized carbons (Fsp3) is 0.273. The molecule has 2 rings (SSSR count). The van der Waals surface area contributed by atoms with Gasteiger partial charge in [-0.3, -0.25) is 0 Å². The van der Waals surface area contributed by atoms with Crippen molar-refractivity contribution in [1.82, 2.24) is 10.2 Å². The molecular formula is C11H11IN2O. The van der Waals surface area contributed by atoms with Crippen LogP contribution < -0.4 is 0 Å². The molecule has 0 aliphatic carbocycles. The van der Waals surface area contributed by atoms with E-state index in [2.05, 4.69) is 42.2 Å². The van der Waals surface area contributed by atoms with Gasteiger partial charge >= 0.3 is 0 Å². The fourth-order valence-corrected chi connectivity index (χ4v) is 1.82. The molecule has 0 saturated heterocycles. The quantitative estimate of drug-likeness (QED) is 0.800. The van der Waals surface area contributed by atoms with E-state index in [1.165, 1.54) is 16.7 Å². The molecule has 78 valence electrons. The molecule has 2 aromatic rings. The fourth-order valence-electron chi connectivity index (χ4n) is 1.46. The number of rotatable bonds is 2. The second-order valence-electron chi connectivity index (χ2n) is 3.56. The monoisotopic (exact) mass is 314 g/mol. The first-order chi connectivity index (χ1) is 7.15. The standard InChI is InChI=1S/C11H11IN2O/c1-7-3-4-8(2)9(5-7)6-10-13-14-11(12)15-10/h3-5H,6H2,1-2H3. The third kappa shape index (κ3) is 2.56. The van der Waals surface area contributed by atoms with Crippen LogP contribution in [0.5, 0.6) is 0 Å². The van der Waals surface area contributed by atoms with E-state index in [4.69, 9.17) is 4.42 Å². The smallest absolute Gasteiger partial charge is 0.278 e. The third-order valence-electron chi connectivity index (χ3n) is 2.29. The van der Waals surface area contributed by atoms with Gasteiger partial charge in [0.2, 0.25) is 5.89 Å². The zero-order valence-electron chi connectivity index (χ0n) is 8.62. The van der Waals surface area contributed by atoms with Gasteiger partial charge in [-0.1, -0.05) is 23.8 Å². The summed E-state index contributed by atoms with van der Waals surface area (Å²) < 4.78 is 5.94. The molecule has 1 aromatic carbocycles. The highest BCUT2D eigenvalue weighted by atomic mass is 127. The highest BCUT2D eigenvalue weighted by molar-refractivity contribution is 14.1. The van der Waals surface area contributed by atoms with Crippen molar-refractivity contribution in [1.29, 1.82) is 0 Å². The van der Waals surface area contributed by atoms with Crippen LogP contribution in [-0.2, 0) is 6.42 Å². The topological polar surface area (TPSA) is 38.9 Å². The number of halogens is 1. The van der Waals surface area contributed by atoms with E-state index in [9.17, 15) is 0 Å². The molecule has 0 N–H and O–H groups in total. The Morgan fingerprint density at radius 3 is 2.73 bits per heavy atom. The van der Waals surface area contributed by atoms with E-state index < -0.39 is 0 Å². The van der Waals surface area contributed by atoms with Crippen LogP contribution in [0.1, 0.15) is 22.6 Å². The van der Waals surface area contributed by atoms with Crippen LogP contribution in [0.25, 0.3) is 0 Å². The molecule has 0 radical (unpaired) electrons. The predicted molar refractivity (Wildman–Crippen MR) is 65.7 cm³/mol. The number of hydrogen-bond acceptors (Lipinski definition) is 3. The summed E-state index contributed by atoms with van der Waals surface area (Å²) in [4.78, 5) is 0. The Bertz CT molecular complexity index is 479. The van der Waals surface area contributed by atoms with Crippen LogP contribution >= 0.6 is 22.6 Å². The lowest BCUT2D eigenvalue weighted by molar-refractivity contribution is 0.479. The van der Waals surface area contributed by atoms with Crippen LogP contribution in [0, 0.1) is 17.7 Å². The normalized spacial score (nSPS) is 10.6. The van der Waals surface area contributed by atoms with Gasteiger partial charge in [0.15, 0.2) is 0 Å². The molecule has 0 fully saturated rings. The van der Waals surface area contributed by atoms with Crippen molar-refractivity contribution in [2.75, 3.05) is 0 Å². The van der Waals surface area contributed by atoms with Crippen molar-refractivity contribution >= 4 is 22.6 Å². The Morgan fingerprint density at radius 1 is 1.27 bits per heavy atom. The molecule has 1 heterocycles. The Kier molecular flexibility index (Phi) is 3.04. The van der Waals surface area contributed by atoms with Crippen molar-refractivity contribution in [3.05, 3.63) is 44.7 Å². The van der Waals surface area contributed by atoms with Gasteiger partial charge in [0.1, 0.15) is 0 Å². The van der Waals surface area contributed by atoms with Crippen LogP contribution in [0.4, 0.5) is 0 Å². The number of benzene rings is 1. The Hall–Kier alpha value is -0.910. The molecule has 1 aromatic heterocycles. The van der Waals surface area contributed by atoms with Crippen LogP contribution in [0.15, 0.2) is 22.6 Å². The lowest BCUT2D eigenvalue weighted by Gasteiger charge is -2.03. The summed E-state index contributed by atoms with van der Waals surface area (Å²) in [6.07, 6.45) is 0.712. The van der Waals surface area contributed by atoms with Crippen molar-refractivity contribution in [3.8, 4) is 0 Å². The molecule has 0 spiro atoms. The number of aromatic nitrogens is 2. The summed E-state index contributed by atoms with van der Waals surface area (Å²) in [7, 11) is 0. The van der Waals surface area contributed by atoms with Crippen LogP contribution in [0.2, 0.25) is 0 Å². The van der Waals surface area contributed by atoms with E-state index >= 15 is 0 Å². The molecule has 0 atom stereocenters. The second kappa shape index (κ2) is 4.30. The zero-order valence-corrected chi connectivity index (χ0v) is 10.8. The van der Waals surface area contributed by atoms with Crippen molar-refractivity contribution in [2.24, 2.45) is 0 Å². The molecule has 0 unspecified atom stereocenters. The number of aryl methyl sites for hydroxylation is 2. The minimum atomic E-state index is 0.591. The summed E-state index contributed by atoms with van der Waals surface area (Å²) in [5.74, 6) is 0.674. The Morgan fingerprint density at radius 2 is 2.07 bits per heavy atom. The highest BCUT2D eigenvalue weighted by Gasteiger charge is 2.06. The van der Waals surface area contributed by atoms with Crippen molar-refractivity contribution < 1.29 is 4.42 Å². The average molecular weight is 314 g/mol. The van der Waals surface area contributed by atoms with Crippen LogP contribution in [0.3, 0.4) is 0 Å². The molecule has 0 amide bonds. The predicted octanol–water partition coefficient (Wildman–Crippen LogP) is 2.88. The maximum atomic E-state index is 5.35. The van der Waals surface area contributed by atoms with E-state index in [1.54, 1.807) is 0 Å². The number of nitrogens with zero attached hydrogens (tertiary/aromatic N) is 2. The highest BCUT2D eigenvalue weighted by Crippen LogP contribution is 2.15. The number of hydrogen-bond donors (Lipinski definition) is 0. The first-order valence-electron chi connectivity index (χ1n) is 4.69. The first-order valence-corrected chi connectivity index (χ1v) is 5.77. The summed E-state index contributed by atoms with van der Waals surface area (Å²) >= 11 is 2.02. The van der Waals surface area contributed by atoms with Crippen molar-refractivity contribution in [2.45, 2.75) is 20.3 Å². The summed E-state index contributed by atoms with van der Waals surface area (Å²) in [6.45, 7) is 4.18. The summed E-state index contributed by atoms with van der Waals surface area (Å²) in [6, 6.07) is 6.38. The lowest BCUT2D eigenvalue weighted by atomic mass is 10.0. The minimum absolute atomic E-state index is 0.591. The van der Waals surface area contributed by atoms with Gasteiger partial charge in [-0.25, -0.2) is 0 Å². The molecule has 0 aliphatic heterocycles. The maximum absolute atomic E-state index is 5.35. The Balaban J connectivity index is 2.27. The molecule has 0 bridgehead atoms. The van der Waals surface area contributed by atoms with E-state index in [1.807, 2.05) is 22.6 Å². The first kappa shape index (κ1) is 10.6. The molecular weight excluding hydrogens is 303 g/mol. The molecule has 0 saturated carbocycles. The van der Waals surface area contributed by atoms with Crippen molar-refractivity contribution in [3.63, 3.8) is 0 Å². The van der Waals surface area contributed by atoms with Gasteiger partial charge in [0, 0.05) is 22.6 Å². The Labute approximate surface area is 102 Å². The average Bonchev–Trinajstić information content (AvgIpc) is 2.58. The summed E-state index contributed by atoms with van der Waals surface area (Å²) in [5, 5.41) is 7.79. The third-order valence-corrected chi connectivity index (χ3v) is 2.72. The molecule has 4 heteroatoms. The largest absolute Gasteiger partial charge is 0.416 e. The molecule has 0 aliphatic rings. The van der Waals surface area contributed by atoms with Gasteiger partial charge in [0.05, 0.1) is 6.42 Å². The SMILES string of the molecule is Cc1ccc(C)c(Cc2nnc(I)o2)c1.